The Balaban J connectivity index is 1.87. The number of halogens is 1. The fourth-order valence-corrected chi connectivity index (χ4v) is 6.07. The van der Waals surface area contributed by atoms with Crippen molar-refractivity contribution in [1.82, 2.24) is 24.5 Å². The number of benzene rings is 1. The highest BCUT2D eigenvalue weighted by Crippen LogP contribution is 2.41. The van der Waals surface area contributed by atoms with Crippen LogP contribution in [0.5, 0.6) is 0 Å². The predicted octanol–water partition coefficient (Wildman–Crippen LogP) is 3.21. The number of rotatable bonds is 5. The van der Waals surface area contributed by atoms with E-state index < -0.39 is 16.1 Å². The minimum atomic E-state index is -3.80. The van der Waals surface area contributed by atoms with Crippen molar-refractivity contribution in [2.45, 2.75) is 37.6 Å². The van der Waals surface area contributed by atoms with Gasteiger partial charge in [0, 0.05) is 32.4 Å². The molecule has 1 atom stereocenters. The maximum atomic E-state index is 13.9. The average Bonchev–Trinajstić information content (AvgIpc) is 3.35. The second-order valence-corrected chi connectivity index (χ2v) is 9.74. The summed E-state index contributed by atoms with van der Waals surface area (Å²) in [5, 5.41) is 6.82. The Morgan fingerprint density at radius 3 is 2.68 bits per heavy atom. The van der Waals surface area contributed by atoms with Crippen molar-refractivity contribution in [3.8, 4) is 11.1 Å². The van der Waals surface area contributed by atoms with E-state index in [1.807, 2.05) is 14.1 Å². The summed E-state index contributed by atoms with van der Waals surface area (Å²) in [6.07, 6.45) is 2.95. The summed E-state index contributed by atoms with van der Waals surface area (Å²) in [5.41, 5.74) is 2.75. The minimum Gasteiger partial charge on any atom is -0.347 e. The van der Waals surface area contributed by atoms with Crippen molar-refractivity contribution >= 4 is 16.0 Å². The largest absolute Gasteiger partial charge is 0.347 e. The third kappa shape index (κ3) is 3.81. The van der Waals surface area contributed by atoms with Crippen LogP contribution in [-0.4, -0.2) is 53.5 Å². The zero-order chi connectivity index (χ0) is 22.3. The van der Waals surface area contributed by atoms with Crippen molar-refractivity contribution in [2.75, 3.05) is 25.5 Å². The van der Waals surface area contributed by atoms with Gasteiger partial charge in [0.15, 0.2) is 0 Å². The average molecular weight is 445 g/mol. The molecule has 1 aliphatic heterocycles. The molecular formula is C21H25FN6O2S. The first-order valence-corrected chi connectivity index (χ1v) is 11.5. The molecule has 0 spiro atoms. The fourth-order valence-electron chi connectivity index (χ4n) is 4.07. The summed E-state index contributed by atoms with van der Waals surface area (Å²) >= 11 is 0. The number of H-pyrrole nitrogens is 1. The number of sulfonamides is 1. The molecule has 164 valence electrons. The van der Waals surface area contributed by atoms with Crippen molar-refractivity contribution in [3.05, 3.63) is 53.4 Å². The molecule has 1 N–H and O–H groups in total. The minimum absolute atomic E-state index is 0.202. The van der Waals surface area contributed by atoms with E-state index in [9.17, 15) is 12.8 Å². The molecule has 31 heavy (non-hydrogen) atoms. The van der Waals surface area contributed by atoms with Crippen molar-refractivity contribution in [3.63, 3.8) is 0 Å². The first-order chi connectivity index (χ1) is 14.7. The molecule has 1 saturated heterocycles. The van der Waals surface area contributed by atoms with Crippen LogP contribution in [0.2, 0.25) is 0 Å². The van der Waals surface area contributed by atoms with Gasteiger partial charge in [0.25, 0.3) is 0 Å². The fraction of sp³-hybridized carbons (Fsp3) is 0.381. The number of nitrogens with one attached hydrogen (secondary N) is 1. The van der Waals surface area contributed by atoms with Crippen LogP contribution in [-0.2, 0) is 10.0 Å². The molecule has 3 heterocycles. The number of aromatic nitrogens is 4. The summed E-state index contributed by atoms with van der Waals surface area (Å²) in [7, 11) is -0.159. The molecule has 1 fully saturated rings. The van der Waals surface area contributed by atoms with Crippen LogP contribution in [0.4, 0.5) is 10.3 Å². The van der Waals surface area contributed by atoms with Crippen molar-refractivity contribution in [2.24, 2.45) is 0 Å². The number of hydrogen-bond donors (Lipinski definition) is 1. The van der Waals surface area contributed by atoms with Gasteiger partial charge in [-0.2, -0.15) is 9.40 Å². The van der Waals surface area contributed by atoms with Crippen LogP contribution in [0.3, 0.4) is 0 Å². The first-order valence-electron chi connectivity index (χ1n) is 10.0. The molecule has 10 heteroatoms. The quantitative estimate of drug-likeness (QED) is 0.649. The van der Waals surface area contributed by atoms with E-state index in [0.717, 1.165) is 0 Å². The SMILES string of the molecule is Cc1n[nH]c(C)c1S(=O)(=O)N1CCC[C@@H]1c1nc(N(C)C)ncc1-c1cccc(F)c1. The molecule has 0 aliphatic carbocycles. The number of aryl methyl sites for hydroxylation is 2. The molecule has 3 aromatic rings. The zero-order valence-electron chi connectivity index (χ0n) is 17.9. The van der Waals surface area contributed by atoms with E-state index in [0.29, 0.717) is 53.5 Å². The van der Waals surface area contributed by atoms with Gasteiger partial charge in [-0.1, -0.05) is 12.1 Å². The standard InChI is InChI=1S/C21H25FN6O2S/c1-13-20(14(2)26-25-13)31(29,30)28-10-6-9-18(28)19-17(12-23-21(24-19)27(3)4)15-7-5-8-16(22)11-15/h5,7-8,11-12,18H,6,9-10H2,1-4H3,(H,25,26)/t18-/m1/s1. The van der Waals surface area contributed by atoms with E-state index in [-0.39, 0.29) is 10.7 Å². The van der Waals surface area contributed by atoms with E-state index >= 15 is 0 Å². The number of anilines is 1. The van der Waals surface area contributed by atoms with Crippen molar-refractivity contribution in [1.29, 1.82) is 0 Å². The molecule has 0 unspecified atom stereocenters. The first kappa shape index (κ1) is 21.4. The van der Waals surface area contributed by atoms with Crippen molar-refractivity contribution < 1.29 is 12.8 Å². The predicted molar refractivity (Wildman–Crippen MR) is 116 cm³/mol. The molecule has 1 aromatic carbocycles. The molecule has 0 bridgehead atoms. The van der Waals surface area contributed by atoms with Gasteiger partial charge in [0.2, 0.25) is 16.0 Å². The highest BCUT2D eigenvalue weighted by molar-refractivity contribution is 7.89. The Morgan fingerprint density at radius 1 is 1.26 bits per heavy atom. The van der Waals surface area contributed by atoms with Gasteiger partial charge in [-0.3, -0.25) is 5.10 Å². The molecule has 4 rings (SSSR count). The summed E-state index contributed by atoms with van der Waals surface area (Å²) < 4.78 is 42.6. The van der Waals surface area contributed by atoms with Crippen LogP contribution >= 0.6 is 0 Å². The van der Waals surface area contributed by atoms with Gasteiger partial charge in [0.05, 0.1) is 23.1 Å². The van der Waals surface area contributed by atoms with E-state index in [2.05, 4.69) is 15.2 Å². The smallest absolute Gasteiger partial charge is 0.247 e. The lowest BCUT2D eigenvalue weighted by Crippen LogP contribution is -2.32. The Kier molecular flexibility index (Phi) is 5.52. The van der Waals surface area contributed by atoms with Crippen LogP contribution in [0.25, 0.3) is 11.1 Å². The maximum absolute atomic E-state index is 13.9. The lowest BCUT2D eigenvalue weighted by Gasteiger charge is -2.26. The zero-order valence-corrected chi connectivity index (χ0v) is 18.7. The summed E-state index contributed by atoms with van der Waals surface area (Å²) in [6.45, 7) is 3.75. The molecule has 0 amide bonds. The summed E-state index contributed by atoms with van der Waals surface area (Å²) in [5.74, 6) is 0.0933. The highest BCUT2D eigenvalue weighted by atomic mass is 32.2. The third-order valence-corrected chi connectivity index (χ3v) is 7.66. The van der Waals surface area contributed by atoms with Gasteiger partial charge in [0.1, 0.15) is 10.7 Å². The van der Waals surface area contributed by atoms with Crippen LogP contribution < -0.4 is 4.90 Å². The molecule has 1 aliphatic rings. The topological polar surface area (TPSA) is 95.1 Å². The molecule has 8 nitrogen and oxygen atoms in total. The molecular weight excluding hydrogens is 419 g/mol. The van der Waals surface area contributed by atoms with Gasteiger partial charge >= 0.3 is 0 Å². The van der Waals surface area contributed by atoms with E-state index in [1.54, 1.807) is 37.1 Å². The Labute approximate surface area is 181 Å². The van der Waals surface area contributed by atoms with Crippen LogP contribution in [0.1, 0.15) is 36.0 Å². The normalized spacial score (nSPS) is 17.3. The van der Waals surface area contributed by atoms with Gasteiger partial charge in [-0.05, 0) is 44.4 Å². The van der Waals surface area contributed by atoms with Gasteiger partial charge in [-0.15, -0.1) is 0 Å². The van der Waals surface area contributed by atoms with Gasteiger partial charge in [-0.25, -0.2) is 22.8 Å². The summed E-state index contributed by atoms with van der Waals surface area (Å²) in [4.78, 5) is 11.1. The third-order valence-electron chi connectivity index (χ3n) is 5.49. The number of nitrogens with zero attached hydrogens (tertiary/aromatic N) is 5. The number of hydrogen-bond acceptors (Lipinski definition) is 6. The highest BCUT2D eigenvalue weighted by Gasteiger charge is 2.40. The van der Waals surface area contributed by atoms with Gasteiger partial charge < -0.3 is 4.90 Å². The Bertz CT molecular complexity index is 1200. The second kappa shape index (κ2) is 8.01. The van der Waals surface area contributed by atoms with Crippen LogP contribution in [0, 0.1) is 19.7 Å². The van der Waals surface area contributed by atoms with Crippen LogP contribution in [0.15, 0.2) is 35.4 Å². The monoisotopic (exact) mass is 444 g/mol. The lowest BCUT2D eigenvalue weighted by molar-refractivity contribution is 0.390. The lowest BCUT2D eigenvalue weighted by atomic mass is 10.0. The second-order valence-electron chi connectivity index (χ2n) is 7.91. The molecule has 2 aromatic heterocycles. The molecule has 0 saturated carbocycles. The summed E-state index contributed by atoms with van der Waals surface area (Å²) in [6, 6.07) is 5.69. The van der Waals surface area contributed by atoms with E-state index in [1.165, 1.54) is 16.4 Å². The maximum Gasteiger partial charge on any atom is 0.247 e. The van der Waals surface area contributed by atoms with E-state index in [4.69, 9.17) is 4.98 Å². The number of aromatic amines is 1. The Hall–Kier alpha value is -2.85. The molecule has 0 radical (unpaired) electrons. The Morgan fingerprint density at radius 2 is 2.03 bits per heavy atom.